The summed E-state index contributed by atoms with van der Waals surface area (Å²) >= 11 is 0. The van der Waals surface area contributed by atoms with Gasteiger partial charge in [0.2, 0.25) is 0 Å². The van der Waals surface area contributed by atoms with Gasteiger partial charge >= 0.3 is 5.97 Å². The van der Waals surface area contributed by atoms with Gasteiger partial charge in [-0.3, -0.25) is 4.79 Å². The van der Waals surface area contributed by atoms with Crippen LogP contribution in [0.25, 0.3) is 11.1 Å². The highest BCUT2D eigenvalue weighted by Crippen LogP contribution is 2.24. The third-order valence-electron chi connectivity index (χ3n) is 2.89. The molecule has 2 aromatic carbocycles. The minimum Gasteiger partial charge on any atom is -0.494 e. The van der Waals surface area contributed by atoms with Crippen molar-refractivity contribution in [2.75, 3.05) is 6.61 Å². The molecule has 0 spiro atoms. The van der Waals surface area contributed by atoms with E-state index in [0.717, 1.165) is 16.9 Å². The van der Waals surface area contributed by atoms with E-state index >= 15 is 0 Å². The average molecular weight is 274 g/mol. The van der Waals surface area contributed by atoms with Crippen molar-refractivity contribution in [3.63, 3.8) is 0 Å². The summed E-state index contributed by atoms with van der Waals surface area (Å²) < 4.78 is 18.9. The minimum atomic E-state index is -1.05. The van der Waals surface area contributed by atoms with Crippen LogP contribution in [-0.4, -0.2) is 17.7 Å². The highest BCUT2D eigenvalue weighted by atomic mass is 19.1. The molecule has 0 heterocycles. The molecule has 0 aliphatic heterocycles. The predicted octanol–water partition coefficient (Wildman–Crippen LogP) is 3.52. The molecule has 0 aliphatic rings. The zero-order valence-corrected chi connectivity index (χ0v) is 11.1. The van der Waals surface area contributed by atoms with Gasteiger partial charge in [-0.25, -0.2) is 4.39 Å². The summed E-state index contributed by atoms with van der Waals surface area (Å²) in [5.74, 6) is -0.779. The van der Waals surface area contributed by atoms with Crippen molar-refractivity contribution in [2.24, 2.45) is 0 Å². The second-order valence-electron chi connectivity index (χ2n) is 4.33. The lowest BCUT2D eigenvalue weighted by Gasteiger charge is -2.07. The van der Waals surface area contributed by atoms with Crippen LogP contribution in [-0.2, 0) is 11.2 Å². The van der Waals surface area contributed by atoms with E-state index in [1.54, 1.807) is 12.1 Å². The van der Waals surface area contributed by atoms with Crippen molar-refractivity contribution in [2.45, 2.75) is 13.3 Å². The van der Waals surface area contributed by atoms with Crippen LogP contribution in [0.1, 0.15) is 12.5 Å². The lowest BCUT2D eigenvalue weighted by molar-refractivity contribution is -0.136. The standard InChI is InChI=1S/C16H15FO3/c1-2-20-14-6-3-11(4-7-14)12-5-8-15(17)13(9-12)10-16(18)19/h3-9H,2,10H2,1H3,(H,18,19). The van der Waals surface area contributed by atoms with Gasteiger partial charge in [-0.2, -0.15) is 0 Å². The van der Waals surface area contributed by atoms with E-state index in [2.05, 4.69) is 0 Å². The van der Waals surface area contributed by atoms with Gasteiger partial charge in [0.25, 0.3) is 0 Å². The number of carbonyl (C=O) groups is 1. The molecular weight excluding hydrogens is 259 g/mol. The quantitative estimate of drug-likeness (QED) is 0.907. The van der Waals surface area contributed by atoms with Crippen molar-refractivity contribution < 1.29 is 19.0 Å². The Hall–Kier alpha value is -2.36. The number of hydrogen-bond acceptors (Lipinski definition) is 2. The third-order valence-corrected chi connectivity index (χ3v) is 2.89. The molecule has 0 radical (unpaired) electrons. The fourth-order valence-corrected chi connectivity index (χ4v) is 1.96. The Morgan fingerprint density at radius 1 is 1.15 bits per heavy atom. The number of carboxylic acid groups (broad SMARTS) is 1. The van der Waals surface area contributed by atoms with Crippen LogP contribution >= 0.6 is 0 Å². The highest BCUT2D eigenvalue weighted by molar-refractivity contribution is 5.72. The van der Waals surface area contributed by atoms with Crippen molar-refractivity contribution >= 4 is 5.97 Å². The van der Waals surface area contributed by atoms with Crippen LogP contribution < -0.4 is 4.74 Å². The monoisotopic (exact) mass is 274 g/mol. The number of hydrogen-bond donors (Lipinski definition) is 1. The van der Waals surface area contributed by atoms with Crippen molar-refractivity contribution in [1.82, 2.24) is 0 Å². The minimum absolute atomic E-state index is 0.184. The number of ether oxygens (including phenoxy) is 1. The highest BCUT2D eigenvalue weighted by Gasteiger charge is 2.09. The Morgan fingerprint density at radius 3 is 2.40 bits per heavy atom. The van der Waals surface area contributed by atoms with Crippen LogP contribution in [0.2, 0.25) is 0 Å². The Morgan fingerprint density at radius 2 is 1.80 bits per heavy atom. The molecular formula is C16H15FO3. The van der Waals surface area contributed by atoms with Gasteiger partial charge in [0.1, 0.15) is 11.6 Å². The van der Waals surface area contributed by atoms with Gasteiger partial charge in [0, 0.05) is 0 Å². The van der Waals surface area contributed by atoms with Crippen LogP contribution in [0.4, 0.5) is 4.39 Å². The van der Waals surface area contributed by atoms with Crippen LogP contribution in [0, 0.1) is 5.82 Å². The van der Waals surface area contributed by atoms with E-state index in [1.165, 1.54) is 6.07 Å². The summed E-state index contributed by atoms with van der Waals surface area (Å²) in [6.45, 7) is 2.50. The molecule has 0 aromatic heterocycles. The first-order valence-corrected chi connectivity index (χ1v) is 6.33. The van der Waals surface area contributed by atoms with E-state index in [-0.39, 0.29) is 12.0 Å². The summed E-state index contributed by atoms with van der Waals surface area (Å²) in [7, 11) is 0. The first-order valence-electron chi connectivity index (χ1n) is 6.33. The summed E-state index contributed by atoms with van der Waals surface area (Å²) in [4.78, 5) is 10.7. The molecule has 2 aromatic rings. The van der Waals surface area contributed by atoms with Gasteiger partial charge in [0.05, 0.1) is 13.0 Å². The fraction of sp³-hybridized carbons (Fsp3) is 0.188. The molecule has 4 heteroatoms. The van der Waals surface area contributed by atoms with E-state index < -0.39 is 11.8 Å². The van der Waals surface area contributed by atoms with Crippen molar-refractivity contribution in [3.8, 4) is 16.9 Å². The van der Waals surface area contributed by atoms with Gasteiger partial charge in [-0.1, -0.05) is 18.2 Å². The number of aliphatic carboxylic acids is 1. The number of benzene rings is 2. The van der Waals surface area contributed by atoms with E-state index in [9.17, 15) is 9.18 Å². The smallest absolute Gasteiger partial charge is 0.307 e. The van der Waals surface area contributed by atoms with Crippen LogP contribution in [0.15, 0.2) is 42.5 Å². The largest absolute Gasteiger partial charge is 0.494 e. The fourth-order valence-electron chi connectivity index (χ4n) is 1.96. The Balaban J connectivity index is 2.30. The van der Waals surface area contributed by atoms with Gasteiger partial charge in [-0.05, 0) is 47.9 Å². The van der Waals surface area contributed by atoms with E-state index in [4.69, 9.17) is 9.84 Å². The molecule has 0 atom stereocenters. The second kappa shape index (κ2) is 6.19. The normalized spacial score (nSPS) is 10.3. The molecule has 2 rings (SSSR count). The maximum Gasteiger partial charge on any atom is 0.307 e. The lowest BCUT2D eigenvalue weighted by Crippen LogP contribution is -2.02. The SMILES string of the molecule is CCOc1ccc(-c2ccc(F)c(CC(=O)O)c2)cc1. The summed E-state index contributed by atoms with van der Waals surface area (Å²) in [6, 6.07) is 11.9. The summed E-state index contributed by atoms with van der Waals surface area (Å²) in [5, 5.41) is 8.77. The molecule has 1 N–H and O–H groups in total. The molecule has 0 fully saturated rings. The van der Waals surface area contributed by atoms with E-state index in [1.807, 2.05) is 31.2 Å². The first-order chi connectivity index (χ1) is 9.60. The molecule has 0 bridgehead atoms. The maximum absolute atomic E-state index is 13.5. The van der Waals surface area contributed by atoms with Crippen LogP contribution in [0.3, 0.4) is 0 Å². The molecule has 0 saturated heterocycles. The number of rotatable bonds is 5. The van der Waals surface area contributed by atoms with Gasteiger partial charge in [0.15, 0.2) is 0 Å². The predicted molar refractivity (Wildman–Crippen MR) is 74.3 cm³/mol. The molecule has 104 valence electrons. The third kappa shape index (κ3) is 3.35. The Kier molecular flexibility index (Phi) is 4.35. The molecule has 0 unspecified atom stereocenters. The molecule has 0 amide bonds. The van der Waals surface area contributed by atoms with Gasteiger partial charge < -0.3 is 9.84 Å². The lowest BCUT2D eigenvalue weighted by atomic mass is 10.0. The molecule has 3 nitrogen and oxygen atoms in total. The zero-order chi connectivity index (χ0) is 14.5. The Labute approximate surface area is 116 Å². The Bertz CT molecular complexity index is 606. The van der Waals surface area contributed by atoms with Crippen molar-refractivity contribution in [1.29, 1.82) is 0 Å². The molecule has 0 aliphatic carbocycles. The summed E-state index contributed by atoms with van der Waals surface area (Å²) in [5.41, 5.74) is 1.86. The number of carboxylic acids is 1. The van der Waals surface area contributed by atoms with Crippen molar-refractivity contribution in [3.05, 3.63) is 53.8 Å². The molecule has 20 heavy (non-hydrogen) atoms. The zero-order valence-electron chi connectivity index (χ0n) is 11.1. The first kappa shape index (κ1) is 14.1. The number of halogens is 1. The van der Waals surface area contributed by atoms with E-state index in [0.29, 0.717) is 6.61 Å². The summed E-state index contributed by atoms with van der Waals surface area (Å²) in [6.07, 6.45) is -0.323. The van der Waals surface area contributed by atoms with Crippen LogP contribution in [0.5, 0.6) is 5.75 Å². The average Bonchev–Trinajstić information content (AvgIpc) is 2.42. The topological polar surface area (TPSA) is 46.5 Å². The maximum atomic E-state index is 13.5. The van der Waals surface area contributed by atoms with Gasteiger partial charge in [-0.15, -0.1) is 0 Å². The molecule has 0 saturated carbocycles. The second-order valence-corrected chi connectivity index (χ2v) is 4.33.